The number of halogens is 6. The maximum absolute atomic E-state index is 10.5. The van der Waals surface area contributed by atoms with Crippen LogP contribution in [0.5, 0.6) is 0 Å². The molecule has 0 heterocycles. The first kappa shape index (κ1) is 34.4. The van der Waals surface area contributed by atoms with Crippen molar-refractivity contribution in [3.63, 3.8) is 0 Å². The van der Waals surface area contributed by atoms with Gasteiger partial charge < -0.3 is 51.1 Å². The molecule has 0 aliphatic carbocycles. The Morgan fingerprint density at radius 3 is 0.760 bits per heavy atom. The molecule has 0 aromatic rings. The third kappa shape index (κ3) is 39.1. The Morgan fingerprint density at radius 1 is 0.640 bits per heavy atom. The molecule has 0 saturated carbocycles. The minimum Gasteiger partial charge on any atom is -0.543 e. The molecule has 0 spiro atoms. The molecule has 0 unspecified atom stereocenters. The van der Waals surface area contributed by atoms with Crippen molar-refractivity contribution in [3.8, 4) is 0 Å². The Balaban J connectivity index is -0.0000000715. The van der Waals surface area contributed by atoms with Gasteiger partial charge in [0.2, 0.25) is 0 Å². The van der Waals surface area contributed by atoms with Gasteiger partial charge in [-0.2, -0.15) is 26.3 Å². The monoisotopic (exact) mass is 569 g/mol. The van der Waals surface area contributed by atoms with Crippen molar-refractivity contribution in [2.45, 2.75) is 12.4 Å². The van der Waals surface area contributed by atoms with E-state index in [1.165, 1.54) is 0 Å². The summed E-state index contributed by atoms with van der Waals surface area (Å²) >= 11 is 0. The third-order valence-electron chi connectivity index (χ3n) is 0.796. The summed E-state index contributed by atoms with van der Waals surface area (Å²) in [5.41, 5.74) is 9.81. The zero-order valence-electron chi connectivity index (χ0n) is 11.4. The van der Waals surface area contributed by atoms with Crippen LogP contribution in [0.3, 0.4) is 0 Å². The second-order valence-electron chi connectivity index (χ2n) is 2.72. The zero-order valence-corrected chi connectivity index (χ0v) is 13.7. The van der Waals surface area contributed by atoms with E-state index in [1.807, 2.05) is 0 Å². The van der Waals surface area contributed by atoms with Crippen LogP contribution in [0, 0.1) is 0 Å². The number of hydrogen-bond acceptors (Lipinski definition) is 10. The van der Waals surface area contributed by atoms with Crippen LogP contribution < -0.4 is 31.9 Å². The van der Waals surface area contributed by atoms with Gasteiger partial charge in [0, 0.05) is 13.1 Å². The molecule has 10 nitrogen and oxygen atoms in total. The molecule has 0 aliphatic heterocycles. The summed E-state index contributed by atoms with van der Waals surface area (Å²) in [5, 5.41) is 35.4. The predicted molar refractivity (Wildman–Crippen MR) is 50.2 cm³/mol. The van der Waals surface area contributed by atoms with Gasteiger partial charge >= 0.3 is 33.4 Å². The Bertz CT molecular complexity index is 376. The average molecular weight is 569 g/mol. The van der Waals surface area contributed by atoms with Crippen molar-refractivity contribution in [2.24, 2.45) is 11.5 Å². The van der Waals surface area contributed by atoms with E-state index in [0.29, 0.717) is 13.1 Å². The van der Waals surface area contributed by atoms with Crippen LogP contribution in [0.15, 0.2) is 0 Å². The van der Waals surface area contributed by atoms with Crippen molar-refractivity contribution in [1.82, 2.24) is 0 Å². The number of alkyl halides is 6. The van der Waals surface area contributed by atoms with Crippen molar-refractivity contribution in [2.75, 3.05) is 13.1 Å². The second kappa shape index (κ2) is 16.9. The van der Waals surface area contributed by atoms with E-state index >= 15 is 0 Å². The number of carbonyl (C=O) groups is 4. The molecule has 0 aromatic carbocycles. The number of carboxylic acids is 4. The first-order chi connectivity index (χ1) is 10.4. The maximum atomic E-state index is 10.5. The van der Waals surface area contributed by atoms with Crippen LogP contribution in [0.2, 0.25) is 0 Å². The van der Waals surface area contributed by atoms with Gasteiger partial charge in [0.25, 0.3) is 0 Å². The second-order valence-corrected chi connectivity index (χ2v) is 2.72. The molecule has 0 amide bonds. The number of aliphatic carboxylic acids is 4. The van der Waals surface area contributed by atoms with Crippen LogP contribution in [0.25, 0.3) is 0 Å². The molecule has 17 heteroatoms. The predicted octanol–water partition coefficient (Wildman–Crippen LogP) is -6.02. The van der Waals surface area contributed by atoms with E-state index < -0.39 is 36.2 Å². The topological polar surface area (TPSA) is 213 Å². The maximum Gasteiger partial charge on any atom is 4.00 e. The summed E-state index contributed by atoms with van der Waals surface area (Å²) in [5.74, 6) is -10.4. The van der Waals surface area contributed by atoms with Gasteiger partial charge in [0.1, 0.15) is 11.9 Å². The molecule has 0 radical (unpaired) electrons. The Hall–Kier alpha value is -1.93. The average Bonchev–Trinajstić information content (AvgIpc) is 2.38. The fourth-order valence-corrected chi connectivity index (χ4v) is 0. The number of carboxylic acid groups (broad SMARTS) is 4. The van der Waals surface area contributed by atoms with Crippen molar-refractivity contribution < 1.29 is 87.0 Å². The Morgan fingerprint density at radius 2 is 0.760 bits per heavy atom. The largest absolute Gasteiger partial charge is 4.00 e. The molecular formula is C8H8F6N2O8Pt. The summed E-state index contributed by atoms with van der Waals surface area (Å²) in [7, 11) is 0. The Kier molecular flexibility index (Phi) is 23.3. The summed E-state index contributed by atoms with van der Waals surface area (Å²) in [6.07, 6.45) is -10.4. The molecule has 0 atom stereocenters. The van der Waals surface area contributed by atoms with Crippen molar-refractivity contribution in [3.05, 3.63) is 0 Å². The molecule has 0 bridgehead atoms. The first-order valence-corrected chi connectivity index (χ1v) is 4.83. The smallest absolute Gasteiger partial charge is 0.543 e. The number of carbonyl (C=O) groups excluding carboxylic acids is 4. The van der Waals surface area contributed by atoms with E-state index in [-0.39, 0.29) is 21.1 Å². The summed E-state index contributed by atoms with van der Waals surface area (Å²) in [6.45, 7) is 1.19. The van der Waals surface area contributed by atoms with Crippen LogP contribution in [-0.4, -0.2) is 49.3 Å². The summed E-state index contributed by atoms with van der Waals surface area (Å²) in [4.78, 5) is 35.4. The van der Waals surface area contributed by atoms with E-state index in [1.54, 1.807) is 0 Å². The van der Waals surface area contributed by atoms with E-state index in [4.69, 9.17) is 51.1 Å². The van der Waals surface area contributed by atoms with Gasteiger partial charge in [0.05, 0.1) is 11.9 Å². The quantitative estimate of drug-likeness (QED) is 0.225. The van der Waals surface area contributed by atoms with Crippen LogP contribution in [-0.2, 0) is 40.2 Å². The normalized spacial score (nSPS) is 9.28. The molecule has 0 aliphatic rings. The van der Waals surface area contributed by atoms with Crippen LogP contribution in [0.4, 0.5) is 26.3 Å². The number of hydrogen-bond donors (Lipinski definition) is 2. The van der Waals surface area contributed by atoms with Gasteiger partial charge in [-0.15, -0.1) is 0 Å². The van der Waals surface area contributed by atoms with Crippen molar-refractivity contribution >= 4 is 23.9 Å². The number of nitrogens with two attached hydrogens (primary N) is 2. The van der Waals surface area contributed by atoms with Crippen LogP contribution >= 0.6 is 0 Å². The molecule has 150 valence electrons. The minimum atomic E-state index is -5.19. The van der Waals surface area contributed by atoms with E-state index in [9.17, 15) is 26.3 Å². The molecule has 0 rings (SSSR count). The van der Waals surface area contributed by atoms with Gasteiger partial charge in [-0.3, -0.25) is 0 Å². The molecule has 0 aromatic heterocycles. The summed E-state index contributed by atoms with van der Waals surface area (Å²) in [6, 6.07) is 0. The fourth-order valence-electron chi connectivity index (χ4n) is 0. The zero-order chi connectivity index (χ0) is 20.7. The molecule has 0 saturated heterocycles. The standard InChI is InChI=1S/2C2HF3O2.C2H8N2.C2H2O4.Pt/c2*3-2(4,5)1(6)7;3-1-2-4;3-1(4)2(5)6;/h2*(H,6,7);1-4H2;(H,3,4)(H,5,6);/q;;;;+4/p-4. The number of rotatable bonds is 1. The molecule has 0 fully saturated rings. The van der Waals surface area contributed by atoms with Gasteiger partial charge in [-0.25, -0.2) is 0 Å². The SMILES string of the molecule is NCCN.O=C([O-])C(=O)[O-].O=C([O-])C(F)(F)F.O=C([O-])C(F)(F)F.[Pt+4]. The Labute approximate surface area is 148 Å². The van der Waals surface area contributed by atoms with Crippen LogP contribution in [0.1, 0.15) is 0 Å². The van der Waals surface area contributed by atoms with E-state index in [2.05, 4.69) is 0 Å². The first-order valence-electron chi connectivity index (χ1n) is 4.83. The van der Waals surface area contributed by atoms with Gasteiger partial charge in [-0.05, 0) is 0 Å². The van der Waals surface area contributed by atoms with Crippen molar-refractivity contribution in [1.29, 1.82) is 0 Å². The summed E-state index contributed by atoms with van der Waals surface area (Å²) < 4.78 is 63.1. The third-order valence-corrected chi connectivity index (χ3v) is 0.796. The van der Waals surface area contributed by atoms with Gasteiger partial charge in [-0.1, -0.05) is 0 Å². The molecule has 4 N–H and O–H groups in total. The fraction of sp³-hybridized carbons (Fsp3) is 0.500. The minimum absolute atomic E-state index is 0. The van der Waals surface area contributed by atoms with E-state index in [0.717, 1.165) is 0 Å². The molecule has 25 heavy (non-hydrogen) atoms. The van der Waals surface area contributed by atoms with Gasteiger partial charge in [0.15, 0.2) is 0 Å². The molecular weight excluding hydrogens is 561 g/mol.